The number of aliphatic hydroxyl groups excluding tert-OH is 1. The van der Waals surface area contributed by atoms with E-state index in [1.807, 2.05) is 0 Å². The number of allylic oxidation sites excluding steroid dienone is 16. The van der Waals surface area contributed by atoms with Gasteiger partial charge in [0.05, 0.1) is 6.61 Å². The maximum absolute atomic E-state index is 12.1. The number of rotatable bonds is 32. The van der Waals surface area contributed by atoms with Crippen molar-refractivity contribution in [3.8, 4) is 0 Å². The quantitative estimate of drug-likeness (QED) is 0.0440. The molecule has 0 aromatic heterocycles. The van der Waals surface area contributed by atoms with E-state index in [0.717, 1.165) is 57.8 Å². The molecule has 0 aliphatic heterocycles. The minimum atomic E-state index is -0.827. The van der Waals surface area contributed by atoms with E-state index < -0.39 is 6.10 Å². The van der Waals surface area contributed by atoms with Gasteiger partial charge in [-0.3, -0.25) is 9.59 Å². The second kappa shape index (κ2) is 38.3. The average Bonchev–Trinajstić information content (AvgIpc) is 3.09. The third kappa shape index (κ3) is 35.7. The van der Waals surface area contributed by atoms with Crippen molar-refractivity contribution in [2.45, 2.75) is 148 Å². The first kappa shape index (κ1) is 44.8. The number of carbonyl (C=O) groups excluding carboxylic acids is 2. The van der Waals surface area contributed by atoms with Crippen molar-refractivity contribution in [2.24, 2.45) is 0 Å². The Labute approximate surface area is 294 Å². The third-order valence-corrected chi connectivity index (χ3v) is 7.36. The normalized spacial score (nSPS) is 13.3. The summed E-state index contributed by atoms with van der Waals surface area (Å²) in [4.78, 5) is 24.2. The van der Waals surface area contributed by atoms with Crippen molar-refractivity contribution in [1.29, 1.82) is 0 Å². The van der Waals surface area contributed by atoms with Crippen LogP contribution in [0, 0.1) is 0 Å². The Bertz CT molecular complexity index is 979. The summed E-state index contributed by atoms with van der Waals surface area (Å²) in [6.07, 6.45) is 53.3. The molecule has 0 heterocycles. The van der Waals surface area contributed by atoms with Gasteiger partial charge in [-0.2, -0.15) is 0 Å². The van der Waals surface area contributed by atoms with Gasteiger partial charge in [-0.05, 0) is 83.5 Å². The number of unbranched alkanes of at least 4 members (excludes halogenated alkanes) is 8. The monoisotopic (exact) mass is 665 g/mol. The van der Waals surface area contributed by atoms with Crippen LogP contribution in [-0.4, -0.2) is 36.4 Å². The fourth-order valence-corrected chi connectivity index (χ4v) is 4.54. The number of aliphatic hydroxyl groups is 1. The van der Waals surface area contributed by atoms with Gasteiger partial charge in [0, 0.05) is 12.8 Å². The van der Waals surface area contributed by atoms with Gasteiger partial charge in [-0.25, -0.2) is 0 Å². The molecule has 0 bridgehead atoms. The van der Waals surface area contributed by atoms with Crippen molar-refractivity contribution in [3.63, 3.8) is 0 Å². The zero-order chi connectivity index (χ0) is 35.0. The summed E-state index contributed by atoms with van der Waals surface area (Å²) in [7, 11) is 0. The van der Waals surface area contributed by atoms with Crippen molar-refractivity contribution >= 4 is 11.9 Å². The first-order chi connectivity index (χ1) is 23.6. The van der Waals surface area contributed by atoms with Crippen molar-refractivity contribution in [2.75, 3.05) is 13.2 Å². The van der Waals surface area contributed by atoms with Crippen LogP contribution >= 0.6 is 0 Å². The molecule has 0 rings (SSSR count). The summed E-state index contributed by atoms with van der Waals surface area (Å²) in [5, 5.41) is 9.53. The zero-order valence-corrected chi connectivity index (χ0v) is 30.5. The van der Waals surface area contributed by atoms with E-state index in [2.05, 4.69) is 111 Å². The maximum atomic E-state index is 12.1. The summed E-state index contributed by atoms with van der Waals surface area (Å²) in [6, 6.07) is 0. The van der Waals surface area contributed by atoms with E-state index in [-0.39, 0.29) is 31.6 Å². The molecule has 0 saturated carbocycles. The Hall–Kier alpha value is -3.18. The highest BCUT2D eigenvalue weighted by molar-refractivity contribution is 5.70. The molecule has 5 heteroatoms. The van der Waals surface area contributed by atoms with E-state index in [9.17, 15) is 14.7 Å². The van der Waals surface area contributed by atoms with Gasteiger partial charge < -0.3 is 14.6 Å². The smallest absolute Gasteiger partial charge is 0.306 e. The Morgan fingerprint density at radius 3 is 1.35 bits per heavy atom. The first-order valence-corrected chi connectivity index (χ1v) is 18.8. The number of esters is 2. The largest absolute Gasteiger partial charge is 0.462 e. The highest BCUT2D eigenvalue weighted by Gasteiger charge is 2.15. The Balaban J connectivity index is 3.79. The summed E-state index contributed by atoms with van der Waals surface area (Å²) >= 11 is 0. The topological polar surface area (TPSA) is 72.8 Å². The Morgan fingerprint density at radius 2 is 0.896 bits per heavy atom. The molecule has 0 aliphatic rings. The van der Waals surface area contributed by atoms with E-state index >= 15 is 0 Å². The molecule has 0 aromatic rings. The summed E-state index contributed by atoms with van der Waals surface area (Å²) in [6.45, 7) is 3.90. The lowest BCUT2D eigenvalue weighted by Crippen LogP contribution is -2.28. The van der Waals surface area contributed by atoms with Gasteiger partial charge in [-0.1, -0.05) is 143 Å². The number of hydrogen-bond acceptors (Lipinski definition) is 5. The van der Waals surface area contributed by atoms with Gasteiger partial charge >= 0.3 is 11.9 Å². The fraction of sp³-hybridized carbons (Fsp3) is 0.581. The van der Waals surface area contributed by atoms with Crippen molar-refractivity contribution in [1.82, 2.24) is 0 Å². The van der Waals surface area contributed by atoms with Crippen molar-refractivity contribution < 1.29 is 24.2 Å². The summed E-state index contributed by atoms with van der Waals surface area (Å²) in [5.41, 5.74) is 0. The molecular formula is C43H68O5. The van der Waals surface area contributed by atoms with E-state index in [1.165, 1.54) is 44.9 Å². The Morgan fingerprint density at radius 1 is 0.500 bits per heavy atom. The molecule has 0 radical (unpaired) electrons. The van der Waals surface area contributed by atoms with Crippen LogP contribution in [-0.2, 0) is 19.1 Å². The Kier molecular flexibility index (Phi) is 35.7. The molecule has 48 heavy (non-hydrogen) atoms. The van der Waals surface area contributed by atoms with Gasteiger partial charge in [0.2, 0.25) is 0 Å². The van der Waals surface area contributed by atoms with Gasteiger partial charge in [-0.15, -0.1) is 0 Å². The predicted octanol–water partition coefficient (Wildman–Crippen LogP) is 11.7. The van der Waals surface area contributed by atoms with E-state index in [4.69, 9.17) is 9.47 Å². The minimum absolute atomic E-state index is 0.121. The number of hydrogen-bond donors (Lipinski definition) is 1. The van der Waals surface area contributed by atoms with Crippen LogP contribution in [0.2, 0.25) is 0 Å². The predicted molar refractivity (Wildman–Crippen MR) is 205 cm³/mol. The number of carbonyl (C=O) groups is 2. The molecule has 0 saturated heterocycles. The molecular weight excluding hydrogens is 596 g/mol. The lowest BCUT2D eigenvalue weighted by atomic mass is 10.1. The van der Waals surface area contributed by atoms with Gasteiger partial charge in [0.25, 0.3) is 0 Å². The molecule has 1 N–H and O–H groups in total. The van der Waals surface area contributed by atoms with Crippen LogP contribution < -0.4 is 0 Å². The van der Waals surface area contributed by atoms with Crippen molar-refractivity contribution in [3.05, 3.63) is 97.2 Å². The van der Waals surface area contributed by atoms with Crippen LogP contribution in [0.4, 0.5) is 0 Å². The molecule has 5 nitrogen and oxygen atoms in total. The molecule has 0 aromatic carbocycles. The SMILES string of the molecule is CCC=CCC=CCC=CCC=CCC=CCCCC(=O)OC(CO)COC(=O)CCCC=CCC=CCC=CCCCCCCCC. The van der Waals surface area contributed by atoms with Gasteiger partial charge in [0.15, 0.2) is 6.10 Å². The molecule has 0 spiro atoms. The second-order valence-corrected chi connectivity index (χ2v) is 11.9. The summed E-state index contributed by atoms with van der Waals surface area (Å²) in [5.74, 6) is -0.732. The van der Waals surface area contributed by atoms with Crippen LogP contribution in [0.25, 0.3) is 0 Å². The minimum Gasteiger partial charge on any atom is -0.462 e. The molecule has 1 atom stereocenters. The number of ether oxygens (including phenoxy) is 2. The maximum Gasteiger partial charge on any atom is 0.306 e. The van der Waals surface area contributed by atoms with Gasteiger partial charge in [0.1, 0.15) is 6.61 Å². The van der Waals surface area contributed by atoms with E-state index in [0.29, 0.717) is 19.3 Å². The van der Waals surface area contributed by atoms with Crippen LogP contribution in [0.1, 0.15) is 142 Å². The molecule has 270 valence electrons. The lowest BCUT2D eigenvalue weighted by molar-refractivity contribution is -0.161. The van der Waals surface area contributed by atoms with E-state index in [1.54, 1.807) is 0 Å². The standard InChI is InChI=1S/C43H68O5/c1-3-5-7-9-11-13-15-17-19-21-23-25-27-29-31-33-35-37-42(45)47-40-41(39-44)48-43(46)38-36-34-32-30-28-26-24-22-20-18-16-14-12-10-8-6-4-2/h6,8,12,14,17-20,23-26,29-32,41,44H,3-5,7,9-11,13,15-16,21-22,27-28,33-40H2,1-2H3. The highest BCUT2D eigenvalue weighted by atomic mass is 16.6. The molecule has 1 unspecified atom stereocenters. The fourth-order valence-electron chi connectivity index (χ4n) is 4.54. The second-order valence-electron chi connectivity index (χ2n) is 11.9. The average molecular weight is 665 g/mol. The highest BCUT2D eigenvalue weighted by Crippen LogP contribution is 2.08. The molecule has 0 fully saturated rings. The molecule has 0 amide bonds. The molecule has 0 aliphatic carbocycles. The third-order valence-electron chi connectivity index (χ3n) is 7.36. The zero-order valence-electron chi connectivity index (χ0n) is 30.5. The van der Waals surface area contributed by atoms with Crippen LogP contribution in [0.3, 0.4) is 0 Å². The van der Waals surface area contributed by atoms with Crippen LogP contribution in [0.15, 0.2) is 97.2 Å². The van der Waals surface area contributed by atoms with Crippen LogP contribution in [0.5, 0.6) is 0 Å². The summed E-state index contributed by atoms with van der Waals surface area (Å²) < 4.78 is 10.5. The lowest BCUT2D eigenvalue weighted by Gasteiger charge is -2.15. The first-order valence-electron chi connectivity index (χ1n) is 18.8.